The summed E-state index contributed by atoms with van der Waals surface area (Å²) in [6.07, 6.45) is 73.3. The van der Waals surface area contributed by atoms with E-state index in [9.17, 15) is 40.5 Å². The van der Waals surface area contributed by atoms with Gasteiger partial charge in [-0.25, -0.2) is 0 Å². The Morgan fingerprint density at radius 2 is 0.663 bits per heavy atom. The van der Waals surface area contributed by atoms with Crippen molar-refractivity contribution >= 4 is 5.91 Å². The Hall–Kier alpha value is -1.15. The summed E-state index contributed by atoms with van der Waals surface area (Å²) >= 11 is 0. The maximum absolute atomic E-state index is 13.3. The van der Waals surface area contributed by atoms with E-state index in [2.05, 4.69) is 31.3 Å². The summed E-state index contributed by atoms with van der Waals surface area (Å²) in [5.41, 5.74) is 0. The fraction of sp³-hybridized carbons (Fsp3) is 0.962. The standard InChI is InChI=1S/C78H153NO10/c1-3-5-7-9-11-13-15-17-19-21-23-25-27-29-31-33-35-36-38-40-42-44-46-48-50-52-54-56-58-60-62-64-66-71(82)77(87)79-69(68-88-78-76(86)75(85)74(84)72(67-80)89-78)73(83)70(81)65-63-61-59-57-55-53-51-49-47-45-43-41-39-37-34-32-30-28-26-24-22-20-18-16-14-12-10-8-6-4-2/h57,59,69-76,78,80-86H,3-56,58,60-68H2,1-2H3,(H,79,87)/b59-57+. The first-order valence-corrected chi connectivity index (χ1v) is 39.6. The first-order chi connectivity index (χ1) is 43.7. The van der Waals surface area contributed by atoms with Crippen molar-refractivity contribution in [3.8, 4) is 0 Å². The van der Waals surface area contributed by atoms with Crippen molar-refractivity contribution in [2.75, 3.05) is 13.2 Å². The molecule has 1 rings (SSSR count). The van der Waals surface area contributed by atoms with Crippen LogP contribution in [0.2, 0.25) is 0 Å². The fourth-order valence-electron chi connectivity index (χ4n) is 13.3. The maximum Gasteiger partial charge on any atom is 0.249 e. The van der Waals surface area contributed by atoms with Crippen LogP contribution in [0.5, 0.6) is 0 Å². The van der Waals surface area contributed by atoms with Crippen LogP contribution in [0.15, 0.2) is 12.2 Å². The lowest BCUT2D eigenvalue weighted by atomic mass is 9.98. The minimum atomic E-state index is -1.67. The van der Waals surface area contributed by atoms with E-state index in [4.69, 9.17) is 9.47 Å². The zero-order chi connectivity index (χ0) is 64.6. The number of ether oxygens (including phenoxy) is 2. The Labute approximate surface area is 551 Å². The molecule has 1 heterocycles. The quantitative estimate of drug-likeness (QED) is 0.0215. The second kappa shape index (κ2) is 66.9. The van der Waals surface area contributed by atoms with Gasteiger partial charge in [-0.1, -0.05) is 386 Å². The van der Waals surface area contributed by atoms with Gasteiger partial charge < -0.3 is 50.5 Å². The largest absolute Gasteiger partial charge is 0.394 e. The van der Waals surface area contributed by atoms with Gasteiger partial charge in [0, 0.05) is 0 Å². The monoisotopic (exact) mass is 1260 g/mol. The highest BCUT2D eigenvalue weighted by Crippen LogP contribution is 2.24. The molecule has 0 aromatic rings. The summed E-state index contributed by atoms with van der Waals surface area (Å²) in [6, 6.07) is -1.18. The summed E-state index contributed by atoms with van der Waals surface area (Å²) in [5.74, 6) is -0.696. The lowest BCUT2D eigenvalue weighted by Crippen LogP contribution is -2.60. The zero-order valence-corrected chi connectivity index (χ0v) is 59.0. The van der Waals surface area contributed by atoms with Crippen molar-refractivity contribution in [2.24, 2.45) is 0 Å². The minimum Gasteiger partial charge on any atom is -0.394 e. The second-order valence-corrected chi connectivity index (χ2v) is 28.1. The number of carbonyl (C=O) groups is 1. The van der Waals surface area contributed by atoms with Gasteiger partial charge in [0.1, 0.15) is 36.6 Å². The molecule has 0 aromatic heterocycles. The molecule has 89 heavy (non-hydrogen) atoms. The molecule has 11 nitrogen and oxygen atoms in total. The highest BCUT2D eigenvalue weighted by atomic mass is 16.7. The second-order valence-electron chi connectivity index (χ2n) is 28.1. The van der Waals surface area contributed by atoms with E-state index in [-0.39, 0.29) is 12.8 Å². The lowest BCUT2D eigenvalue weighted by molar-refractivity contribution is -0.303. The van der Waals surface area contributed by atoms with Crippen molar-refractivity contribution in [1.29, 1.82) is 0 Å². The third-order valence-electron chi connectivity index (χ3n) is 19.6. The van der Waals surface area contributed by atoms with E-state index in [0.717, 1.165) is 32.1 Å². The molecule has 0 aromatic carbocycles. The molecule has 9 unspecified atom stereocenters. The van der Waals surface area contributed by atoms with Crippen molar-refractivity contribution in [3.63, 3.8) is 0 Å². The highest BCUT2D eigenvalue weighted by Gasteiger charge is 2.44. The molecular weight excluding hydrogens is 1110 g/mol. The first-order valence-electron chi connectivity index (χ1n) is 39.6. The number of hydrogen-bond acceptors (Lipinski definition) is 10. The van der Waals surface area contributed by atoms with Crippen LogP contribution in [0.4, 0.5) is 0 Å². The number of rotatable bonds is 71. The Bertz CT molecular complexity index is 1450. The summed E-state index contributed by atoms with van der Waals surface area (Å²) < 4.78 is 11.2. The third-order valence-corrected chi connectivity index (χ3v) is 19.6. The first kappa shape index (κ1) is 85.9. The van der Waals surface area contributed by atoms with Crippen LogP contribution in [0.3, 0.4) is 0 Å². The van der Waals surface area contributed by atoms with Gasteiger partial charge in [-0.3, -0.25) is 4.79 Å². The normalized spacial score (nSPS) is 18.5. The van der Waals surface area contributed by atoms with Gasteiger partial charge in [0.25, 0.3) is 0 Å². The summed E-state index contributed by atoms with van der Waals surface area (Å²) in [6.45, 7) is 3.52. The number of amides is 1. The number of unbranched alkanes of at least 4 members (excludes halogenated alkanes) is 57. The van der Waals surface area contributed by atoms with Crippen LogP contribution in [-0.4, -0.2) is 110 Å². The van der Waals surface area contributed by atoms with Crippen LogP contribution in [0.1, 0.15) is 412 Å². The van der Waals surface area contributed by atoms with Gasteiger partial charge in [0.2, 0.25) is 5.91 Å². The van der Waals surface area contributed by atoms with Gasteiger partial charge in [0.15, 0.2) is 6.29 Å². The molecular formula is C78H153NO10. The number of allylic oxidation sites excluding steroid dienone is 2. The lowest BCUT2D eigenvalue weighted by Gasteiger charge is -2.40. The molecule has 0 bridgehead atoms. The Kier molecular flexibility index (Phi) is 64.5. The average Bonchev–Trinajstić information content (AvgIpc) is 2.24. The Morgan fingerprint density at radius 3 is 0.966 bits per heavy atom. The predicted molar refractivity (Wildman–Crippen MR) is 376 cm³/mol. The van der Waals surface area contributed by atoms with Gasteiger partial charge >= 0.3 is 0 Å². The molecule has 0 aliphatic carbocycles. The zero-order valence-electron chi connectivity index (χ0n) is 59.0. The Balaban J connectivity index is 2.14. The molecule has 530 valence electrons. The minimum absolute atomic E-state index is 0.260. The molecule has 1 saturated heterocycles. The summed E-state index contributed by atoms with van der Waals surface area (Å²) in [5, 5.41) is 76.7. The molecule has 0 radical (unpaired) electrons. The predicted octanol–water partition coefficient (Wildman–Crippen LogP) is 20.2. The molecule has 11 heteroatoms. The molecule has 0 saturated carbocycles. The van der Waals surface area contributed by atoms with Crippen molar-refractivity contribution in [3.05, 3.63) is 12.2 Å². The van der Waals surface area contributed by atoms with Gasteiger partial charge in [-0.2, -0.15) is 0 Å². The number of aliphatic hydroxyl groups is 7. The number of carbonyl (C=O) groups excluding carboxylic acids is 1. The van der Waals surface area contributed by atoms with E-state index in [1.165, 1.54) is 340 Å². The SMILES string of the molecule is CCCCCCCCCCCCCCCCCCCCCCCCCCC/C=C/CCCC(O)C(O)C(COC1OC(CO)C(O)C(O)C1O)NC(=O)C(O)CCCCCCCCCCCCCCCCCCCCCCCCCCCCCCCCCC. The van der Waals surface area contributed by atoms with E-state index in [1.54, 1.807) is 0 Å². The van der Waals surface area contributed by atoms with Crippen LogP contribution < -0.4 is 5.32 Å². The van der Waals surface area contributed by atoms with Crippen molar-refractivity contribution < 1.29 is 50.0 Å². The van der Waals surface area contributed by atoms with Crippen LogP contribution >= 0.6 is 0 Å². The van der Waals surface area contributed by atoms with Crippen LogP contribution in [0, 0.1) is 0 Å². The molecule has 8 N–H and O–H groups in total. The van der Waals surface area contributed by atoms with Crippen molar-refractivity contribution in [2.45, 2.75) is 467 Å². The average molecular weight is 1270 g/mol. The van der Waals surface area contributed by atoms with Crippen molar-refractivity contribution in [1.82, 2.24) is 5.32 Å². The van der Waals surface area contributed by atoms with Crippen LogP contribution in [0.25, 0.3) is 0 Å². The van der Waals surface area contributed by atoms with Gasteiger partial charge in [-0.05, 0) is 38.5 Å². The number of aliphatic hydroxyl groups excluding tert-OH is 7. The molecule has 1 fully saturated rings. The summed E-state index contributed by atoms with van der Waals surface area (Å²) in [7, 11) is 0. The van der Waals surface area contributed by atoms with E-state index < -0.39 is 74.2 Å². The summed E-state index contributed by atoms with van der Waals surface area (Å²) in [4.78, 5) is 13.3. The van der Waals surface area contributed by atoms with E-state index in [1.807, 2.05) is 0 Å². The number of nitrogens with one attached hydrogen (secondary N) is 1. The molecule has 9 atom stereocenters. The maximum atomic E-state index is 13.3. The van der Waals surface area contributed by atoms with Crippen LogP contribution in [-0.2, 0) is 14.3 Å². The third kappa shape index (κ3) is 53.8. The molecule has 1 aliphatic heterocycles. The number of hydrogen-bond donors (Lipinski definition) is 8. The fourth-order valence-corrected chi connectivity index (χ4v) is 13.3. The topological polar surface area (TPSA) is 189 Å². The highest BCUT2D eigenvalue weighted by molar-refractivity contribution is 5.80. The molecule has 1 aliphatic rings. The van der Waals surface area contributed by atoms with E-state index >= 15 is 0 Å². The van der Waals surface area contributed by atoms with E-state index in [0.29, 0.717) is 12.8 Å². The smallest absolute Gasteiger partial charge is 0.249 e. The van der Waals surface area contributed by atoms with Gasteiger partial charge in [-0.15, -0.1) is 0 Å². The Morgan fingerprint density at radius 1 is 0.382 bits per heavy atom. The molecule has 1 amide bonds. The van der Waals surface area contributed by atoms with Gasteiger partial charge in [0.05, 0.1) is 25.4 Å². The molecule has 0 spiro atoms.